The first-order chi connectivity index (χ1) is 12.5. The Kier molecular flexibility index (Phi) is 5.77. The Morgan fingerprint density at radius 3 is 2.81 bits per heavy atom. The minimum Gasteiger partial charge on any atom is -0.462 e. The third-order valence-corrected chi connectivity index (χ3v) is 6.10. The number of thiophene rings is 1. The van der Waals surface area contributed by atoms with E-state index in [0.29, 0.717) is 28.7 Å². The monoisotopic (exact) mass is 371 g/mol. The second kappa shape index (κ2) is 8.04. The Morgan fingerprint density at radius 1 is 1.31 bits per heavy atom. The molecule has 4 nitrogen and oxygen atoms in total. The lowest BCUT2D eigenvalue weighted by atomic mass is 9.85. The van der Waals surface area contributed by atoms with Crippen LogP contribution in [0.2, 0.25) is 0 Å². The molecule has 0 fully saturated rings. The van der Waals surface area contributed by atoms with Gasteiger partial charge in [-0.25, -0.2) is 4.79 Å². The molecule has 1 atom stereocenters. The van der Waals surface area contributed by atoms with E-state index in [1.807, 2.05) is 25.1 Å². The lowest BCUT2D eigenvalue weighted by Gasteiger charge is -2.20. The molecule has 26 heavy (non-hydrogen) atoms. The minimum absolute atomic E-state index is 0.190. The van der Waals surface area contributed by atoms with Gasteiger partial charge in [0, 0.05) is 10.4 Å². The van der Waals surface area contributed by atoms with Gasteiger partial charge in [-0.3, -0.25) is 4.79 Å². The van der Waals surface area contributed by atoms with Crippen molar-refractivity contribution in [3.63, 3.8) is 0 Å². The number of hydrogen-bond acceptors (Lipinski definition) is 4. The zero-order valence-electron chi connectivity index (χ0n) is 15.6. The molecule has 0 saturated carbocycles. The van der Waals surface area contributed by atoms with Gasteiger partial charge in [0.1, 0.15) is 5.00 Å². The van der Waals surface area contributed by atoms with Crippen molar-refractivity contribution in [2.45, 2.75) is 46.5 Å². The number of hydrogen-bond donors (Lipinski definition) is 1. The van der Waals surface area contributed by atoms with Crippen LogP contribution >= 0.6 is 11.3 Å². The molecule has 0 radical (unpaired) electrons. The van der Waals surface area contributed by atoms with Gasteiger partial charge in [0.2, 0.25) is 0 Å². The zero-order chi connectivity index (χ0) is 18.7. The second-order valence-electron chi connectivity index (χ2n) is 6.77. The van der Waals surface area contributed by atoms with E-state index in [4.69, 9.17) is 4.74 Å². The number of carbonyl (C=O) groups excluding carboxylic acids is 2. The van der Waals surface area contributed by atoms with Gasteiger partial charge in [-0.15, -0.1) is 11.3 Å². The molecule has 1 heterocycles. The Labute approximate surface area is 158 Å². The van der Waals surface area contributed by atoms with Crippen LogP contribution in [0.25, 0.3) is 0 Å². The van der Waals surface area contributed by atoms with E-state index in [0.717, 1.165) is 36.8 Å². The summed E-state index contributed by atoms with van der Waals surface area (Å²) in [7, 11) is 0. The molecule has 1 amide bonds. The highest BCUT2D eigenvalue weighted by Gasteiger charge is 2.29. The molecule has 1 N–H and O–H groups in total. The topological polar surface area (TPSA) is 55.4 Å². The van der Waals surface area contributed by atoms with Gasteiger partial charge in [-0.2, -0.15) is 0 Å². The van der Waals surface area contributed by atoms with E-state index < -0.39 is 0 Å². The van der Waals surface area contributed by atoms with Crippen molar-refractivity contribution < 1.29 is 14.3 Å². The molecule has 1 aliphatic carbocycles. The van der Waals surface area contributed by atoms with E-state index in [9.17, 15) is 9.59 Å². The van der Waals surface area contributed by atoms with Crippen LogP contribution in [-0.2, 0) is 17.6 Å². The fourth-order valence-electron chi connectivity index (χ4n) is 3.47. The normalized spacial score (nSPS) is 16.0. The summed E-state index contributed by atoms with van der Waals surface area (Å²) in [5.41, 5.74) is 3.25. The van der Waals surface area contributed by atoms with Gasteiger partial charge in [0.25, 0.3) is 5.91 Å². The number of rotatable bonds is 5. The average molecular weight is 372 g/mol. The maximum atomic E-state index is 12.7. The van der Waals surface area contributed by atoms with Crippen LogP contribution in [-0.4, -0.2) is 18.5 Å². The fourth-order valence-corrected chi connectivity index (χ4v) is 4.82. The summed E-state index contributed by atoms with van der Waals surface area (Å²) in [6.07, 6.45) is 4.07. The van der Waals surface area contributed by atoms with E-state index in [1.54, 1.807) is 13.0 Å². The lowest BCUT2D eigenvalue weighted by molar-refractivity contribution is 0.0526. The van der Waals surface area contributed by atoms with E-state index in [2.05, 4.69) is 12.2 Å². The highest BCUT2D eigenvalue weighted by molar-refractivity contribution is 7.17. The van der Waals surface area contributed by atoms with Crippen molar-refractivity contribution in [3.8, 4) is 0 Å². The van der Waals surface area contributed by atoms with Crippen LogP contribution < -0.4 is 5.32 Å². The zero-order valence-corrected chi connectivity index (χ0v) is 16.4. The van der Waals surface area contributed by atoms with Crippen molar-refractivity contribution in [2.24, 2.45) is 5.92 Å². The third-order valence-electron chi connectivity index (χ3n) is 4.93. The number of esters is 1. The Hall–Kier alpha value is -2.14. The number of amides is 1. The smallest absolute Gasteiger partial charge is 0.341 e. The standard InChI is InChI=1S/C21H25NO3S/c1-4-14-9-10-16-17(12-14)26-20(18(16)21(24)25-5-2)22-19(23)15-8-6-7-13(3)11-15/h6-8,11,14H,4-5,9-10,12H2,1-3H3,(H,22,23). The average Bonchev–Trinajstić information content (AvgIpc) is 2.98. The molecule has 1 aromatic carbocycles. The third kappa shape index (κ3) is 3.83. The molecule has 3 rings (SSSR count). The molecule has 5 heteroatoms. The number of fused-ring (bicyclic) bond motifs is 1. The SMILES string of the molecule is CCOC(=O)c1c(NC(=O)c2cccc(C)c2)sc2c1CCC(CC)C2. The minimum atomic E-state index is -0.334. The van der Waals surface area contributed by atoms with Crippen LogP contribution in [0.5, 0.6) is 0 Å². The molecule has 0 bridgehead atoms. The van der Waals surface area contributed by atoms with Crippen molar-refractivity contribution in [2.75, 3.05) is 11.9 Å². The van der Waals surface area contributed by atoms with Gasteiger partial charge >= 0.3 is 5.97 Å². The van der Waals surface area contributed by atoms with Gasteiger partial charge in [-0.05, 0) is 56.7 Å². The molecule has 1 unspecified atom stereocenters. The van der Waals surface area contributed by atoms with Crippen LogP contribution in [0.1, 0.15) is 63.4 Å². The second-order valence-corrected chi connectivity index (χ2v) is 7.87. The van der Waals surface area contributed by atoms with Crippen LogP contribution in [0.3, 0.4) is 0 Å². The van der Waals surface area contributed by atoms with Crippen molar-refractivity contribution in [3.05, 3.63) is 51.4 Å². The number of ether oxygens (including phenoxy) is 1. The molecule has 1 aromatic heterocycles. The summed E-state index contributed by atoms with van der Waals surface area (Å²) in [5, 5.41) is 3.58. The fraction of sp³-hybridized carbons (Fsp3) is 0.429. The first-order valence-electron chi connectivity index (χ1n) is 9.23. The van der Waals surface area contributed by atoms with Crippen molar-refractivity contribution >= 4 is 28.2 Å². The van der Waals surface area contributed by atoms with Crippen molar-refractivity contribution in [1.29, 1.82) is 0 Å². The largest absolute Gasteiger partial charge is 0.462 e. The lowest BCUT2D eigenvalue weighted by Crippen LogP contribution is -2.17. The number of benzene rings is 1. The Balaban J connectivity index is 1.94. The molecular formula is C21H25NO3S. The summed E-state index contributed by atoms with van der Waals surface area (Å²) in [6, 6.07) is 7.45. The summed E-state index contributed by atoms with van der Waals surface area (Å²) in [6.45, 7) is 6.28. The quantitative estimate of drug-likeness (QED) is 0.753. The number of nitrogens with one attached hydrogen (secondary N) is 1. The summed E-state index contributed by atoms with van der Waals surface area (Å²) < 4.78 is 5.27. The van der Waals surface area contributed by atoms with Crippen molar-refractivity contribution in [1.82, 2.24) is 0 Å². The Morgan fingerprint density at radius 2 is 2.12 bits per heavy atom. The molecule has 0 spiro atoms. The highest BCUT2D eigenvalue weighted by atomic mass is 32.1. The number of anilines is 1. The summed E-state index contributed by atoms with van der Waals surface area (Å²) in [4.78, 5) is 26.4. The molecule has 0 aliphatic heterocycles. The first-order valence-corrected chi connectivity index (χ1v) is 10.0. The summed E-state index contributed by atoms with van der Waals surface area (Å²) >= 11 is 1.53. The summed E-state index contributed by atoms with van der Waals surface area (Å²) in [5.74, 6) is 0.126. The molecular weight excluding hydrogens is 346 g/mol. The van der Waals surface area contributed by atoms with E-state index in [-0.39, 0.29) is 11.9 Å². The number of aryl methyl sites for hydroxylation is 1. The van der Waals surface area contributed by atoms with Gasteiger partial charge < -0.3 is 10.1 Å². The molecule has 138 valence electrons. The Bertz CT molecular complexity index is 825. The van der Waals surface area contributed by atoms with Gasteiger partial charge in [-0.1, -0.05) is 31.0 Å². The highest BCUT2D eigenvalue weighted by Crippen LogP contribution is 2.41. The van der Waals surface area contributed by atoms with Crippen LogP contribution in [0, 0.1) is 12.8 Å². The maximum Gasteiger partial charge on any atom is 0.341 e. The predicted octanol–water partition coefficient (Wildman–Crippen LogP) is 5.00. The van der Waals surface area contributed by atoms with Crippen LogP contribution in [0.4, 0.5) is 5.00 Å². The predicted molar refractivity (Wildman–Crippen MR) is 105 cm³/mol. The number of carbonyl (C=O) groups is 2. The van der Waals surface area contributed by atoms with Crippen LogP contribution in [0.15, 0.2) is 24.3 Å². The first kappa shape index (κ1) is 18.6. The van der Waals surface area contributed by atoms with E-state index in [1.165, 1.54) is 16.2 Å². The van der Waals surface area contributed by atoms with E-state index >= 15 is 0 Å². The molecule has 2 aromatic rings. The van der Waals surface area contributed by atoms with Gasteiger partial charge in [0.15, 0.2) is 0 Å². The molecule has 1 aliphatic rings. The maximum absolute atomic E-state index is 12.7. The van der Waals surface area contributed by atoms with Gasteiger partial charge in [0.05, 0.1) is 12.2 Å². The molecule has 0 saturated heterocycles.